The van der Waals surface area contributed by atoms with Crippen molar-refractivity contribution in [2.75, 3.05) is 6.61 Å². The highest BCUT2D eigenvalue weighted by Crippen LogP contribution is 2.32. The number of nitrogens with one attached hydrogen (secondary N) is 1. The van der Waals surface area contributed by atoms with Gasteiger partial charge < -0.3 is 14.8 Å². The zero-order valence-corrected chi connectivity index (χ0v) is 10.8. The molecule has 0 amide bonds. The van der Waals surface area contributed by atoms with Crippen LogP contribution in [0.2, 0.25) is 0 Å². The third-order valence-corrected chi connectivity index (χ3v) is 2.96. The van der Waals surface area contributed by atoms with Crippen LogP contribution >= 0.6 is 0 Å². The van der Waals surface area contributed by atoms with Gasteiger partial charge in [-0.05, 0) is 29.8 Å². The Bertz CT molecular complexity index is 581. The molecule has 0 saturated carbocycles. The van der Waals surface area contributed by atoms with Gasteiger partial charge in [-0.1, -0.05) is 6.07 Å². The van der Waals surface area contributed by atoms with Crippen molar-refractivity contribution in [1.29, 1.82) is 0 Å². The van der Waals surface area contributed by atoms with Crippen LogP contribution in [0.1, 0.15) is 22.9 Å². The number of hydrogen-bond acceptors (Lipinski definition) is 3. The summed E-state index contributed by atoms with van der Waals surface area (Å²) in [6.45, 7) is -0.240. The van der Waals surface area contributed by atoms with E-state index in [1.165, 1.54) is 12.3 Å². The lowest BCUT2D eigenvalue weighted by Crippen LogP contribution is -2.23. The fraction of sp³-hybridized carbons (Fsp3) is 0.286. The van der Waals surface area contributed by atoms with Gasteiger partial charge in [-0.2, -0.15) is 13.2 Å². The topological polar surface area (TPSA) is 45.4 Å². The minimum atomic E-state index is -4.74. The quantitative estimate of drug-likeness (QED) is 0.833. The Hall–Kier alpha value is -1.86. The minimum absolute atomic E-state index is 0.0370. The monoisotopic (exact) mass is 303 g/mol. The van der Waals surface area contributed by atoms with Gasteiger partial charge in [0.2, 0.25) is 0 Å². The molecule has 0 aliphatic carbocycles. The molecule has 0 saturated heterocycles. The number of rotatable bonds is 5. The predicted octanol–water partition coefficient (Wildman–Crippen LogP) is 3.26. The lowest BCUT2D eigenvalue weighted by atomic mass is 10.1. The number of aliphatic hydroxyl groups is 1. The number of furan rings is 1. The van der Waals surface area contributed by atoms with E-state index in [1.54, 1.807) is 12.1 Å². The fourth-order valence-corrected chi connectivity index (χ4v) is 1.89. The van der Waals surface area contributed by atoms with Crippen molar-refractivity contribution in [2.45, 2.75) is 18.8 Å². The van der Waals surface area contributed by atoms with Crippen LogP contribution < -0.4 is 5.32 Å². The Balaban J connectivity index is 2.10. The zero-order valence-electron chi connectivity index (χ0n) is 10.8. The molecule has 21 heavy (non-hydrogen) atoms. The SMILES string of the molecule is OCC(NCc1ccc(F)c(C(F)(F)F)c1)c1ccco1. The molecular weight excluding hydrogens is 290 g/mol. The van der Waals surface area contributed by atoms with Crippen LogP contribution in [0.15, 0.2) is 41.0 Å². The largest absolute Gasteiger partial charge is 0.468 e. The van der Waals surface area contributed by atoms with Crippen molar-refractivity contribution >= 4 is 0 Å². The van der Waals surface area contributed by atoms with E-state index in [0.29, 0.717) is 5.76 Å². The third-order valence-electron chi connectivity index (χ3n) is 2.96. The maximum Gasteiger partial charge on any atom is 0.419 e. The first kappa shape index (κ1) is 15.5. The molecular formula is C14H13F4NO2. The minimum Gasteiger partial charge on any atom is -0.468 e. The number of alkyl halides is 3. The molecule has 0 fully saturated rings. The van der Waals surface area contributed by atoms with E-state index in [-0.39, 0.29) is 18.7 Å². The Labute approximate surface area is 118 Å². The molecule has 0 aliphatic rings. The van der Waals surface area contributed by atoms with E-state index in [0.717, 1.165) is 12.1 Å². The van der Waals surface area contributed by atoms with Crippen molar-refractivity contribution < 1.29 is 27.1 Å². The zero-order chi connectivity index (χ0) is 15.5. The summed E-state index contributed by atoms with van der Waals surface area (Å²) in [6, 6.07) is 5.52. The summed E-state index contributed by atoms with van der Waals surface area (Å²) in [7, 11) is 0. The molecule has 114 valence electrons. The van der Waals surface area contributed by atoms with Crippen LogP contribution in [-0.4, -0.2) is 11.7 Å². The fourth-order valence-electron chi connectivity index (χ4n) is 1.89. The molecule has 3 nitrogen and oxygen atoms in total. The van der Waals surface area contributed by atoms with E-state index in [4.69, 9.17) is 4.42 Å². The van der Waals surface area contributed by atoms with Crippen LogP contribution in [0.5, 0.6) is 0 Å². The summed E-state index contributed by atoms with van der Waals surface area (Å²) in [5.41, 5.74) is -1.05. The summed E-state index contributed by atoms with van der Waals surface area (Å²) >= 11 is 0. The number of halogens is 4. The standard InChI is InChI=1S/C14H13F4NO2/c15-11-4-3-9(6-10(11)14(16,17)18)7-19-12(8-20)13-2-1-5-21-13/h1-6,12,19-20H,7-8H2. The Morgan fingerprint density at radius 1 is 1.24 bits per heavy atom. The molecule has 1 unspecified atom stereocenters. The van der Waals surface area contributed by atoms with Gasteiger partial charge in [-0.3, -0.25) is 0 Å². The summed E-state index contributed by atoms with van der Waals surface area (Å²) in [5, 5.41) is 12.1. The first-order valence-corrected chi connectivity index (χ1v) is 6.15. The summed E-state index contributed by atoms with van der Waals surface area (Å²) in [5.74, 6) is -0.841. The molecule has 7 heteroatoms. The lowest BCUT2D eigenvalue weighted by Gasteiger charge is -2.15. The molecule has 1 aromatic heterocycles. The van der Waals surface area contributed by atoms with E-state index < -0.39 is 23.6 Å². The van der Waals surface area contributed by atoms with Crippen LogP contribution in [-0.2, 0) is 12.7 Å². The van der Waals surface area contributed by atoms with E-state index in [9.17, 15) is 22.7 Å². The van der Waals surface area contributed by atoms with Gasteiger partial charge in [-0.25, -0.2) is 4.39 Å². The second-order valence-corrected chi connectivity index (χ2v) is 4.44. The van der Waals surface area contributed by atoms with Crippen LogP contribution in [0.25, 0.3) is 0 Å². The van der Waals surface area contributed by atoms with Gasteiger partial charge in [0.15, 0.2) is 0 Å². The van der Waals surface area contributed by atoms with Crippen LogP contribution in [0.3, 0.4) is 0 Å². The second kappa shape index (κ2) is 6.28. The van der Waals surface area contributed by atoms with Crippen molar-refractivity contribution in [3.05, 3.63) is 59.3 Å². The summed E-state index contributed by atoms with van der Waals surface area (Å²) < 4.78 is 56.1. The number of aliphatic hydroxyl groups excluding tert-OH is 1. The predicted molar refractivity (Wildman–Crippen MR) is 66.8 cm³/mol. The Morgan fingerprint density at radius 3 is 2.57 bits per heavy atom. The maximum atomic E-state index is 13.2. The molecule has 1 heterocycles. The molecule has 2 aromatic rings. The van der Waals surface area contributed by atoms with E-state index in [2.05, 4.69) is 5.32 Å². The van der Waals surface area contributed by atoms with Gasteiger partial charge >= 0.3 is 6.18 Å². The van der Waals surface area contributed by atoms with Crippen molar-refractivity contribution in [2.24, 2.45) is 0 Å². The smallest absolute Gasteiger partial charge is 0.419 e. The second-order valence-electron chi connectivity index (χ2n) is 4.44. The van der Waals surface area contributed by atoms with Gasteiger partial charge in [0, 0.05) is 6.54 Å². The molecule has 0 aliphatic heterocycles. The highest BCUT2D eigenvalue weighted by molar-refractivity contribution is 5.27. The third kappa shape index (κ3) is 3.83. The number of benzene rings is 1. The summed E-state index contributed by atoms with van der Waals surface area (Å²) in [6.07, 6.45) is -3.31. The molecule has 0 radical (unpaired) electrons. The highest BCUT2D eigenvalue weighted by atomic mass is 19.4. The molecule has 2 N–H and O–H groups in total. The average molecular weight is 303 g/mol. The van der Waals surface area contributed by atoms with Gasteiger partial charge in [-0.15, -0.1) is 0 Å². The molecule has 0 spiro atoms. The first-order valence-electron chi connectivity index (χ1n) is 6.15. The van der Waals surface area contributed by atoms with Crippen LogP contribution in [0.4, 0.5) is 17.6 Å². The van der Waals surface area contributed by atoms with Gasteiger partial charge in [0.25, 0.3) is 0 Å². The van der Waals surface area contributed by atoms with Crippen LogP contribution in [0, 0.1) is 5.82 Å². The normalized spacial score (nSPS) is 13.4. The first-order chi connectivity index (χ1) is 9.91. The van der Waals surface area contributed by atoms with Gasteiger partial charge in [0.05, 0.1) is 24.5 Å². The average Bonchev–Trinajstić information content (AvgIpc) is 2.94. The molecule has 0 bridgehead atoms. The lowest BCUT2D eigenvalue weighted by molar-refractivity contribution is -0.140. The Kier molecular flexibility index (Phi) is 4.64. The molecule has 2 rings (SSSR count). The number of hydrogen-bond donors (Lipinski definition) is 2. The van der Waals surface area contributed by atoms with Crippen molar-refractivity contribution in [3.8, 4) is 0 Å². The van der Waals surface area contributed by atoms with E-state index >= 15 is 0 Å². The van der Waals surface area contributed by atoms with Crippen molar-refractivity contribution in [1.82, 2.24) is 5.32 Å². The summed E-state index contributed by atoms with van der Waals surface area (Å²) in [4.78, 5) is 0. The van der Waals surface area contributed by atoms with Gasteiger partial charge in [0.1, 0.15) is 11.6 Å². The Morgan fingerprint density at radius 2 is 2.00 bits per heavy atom. The van der Waals surface area contributed by atoms with E-state index in [1.807, 2.05) is 0 Å². The van der Waals surface area contributed by atoms with Crippen molar-refractivity contribution in [3.63, 3.8) is 0 Å². The maximum absolute atomic E-state index is 13.2. The highest BCUT2D eigenvalue weighted by Gasteiger charge is 2.34. The molecule has 1 atom stereocenters. The molecule has 1 aromatic carbocycles.